The fourth-order valence-corrected chi connectivity index (χ4v) is 3.73. The van der Waals surface area contributed by atoms with Crippen molar-refractivity contribution in [3.05, 3.63) is 62.2 Å². The van der Waals surface area contributed by atoms with E-state index in [0.717, 1.165) is 20.4 Å². The van der Waals surface area contributed by atoms with Crippen LogP contribution in [0.3, 0.4) is 0 Å². The maximum atomic E-state index is 12.1. The van der Waals surface area contributed by atoms with Gasteiger partial charge in [0, 0.05) is 11.5 Å². The molecule has 3 nitrogen and oxygen atoms in total. The fourth-order valence-electron chi connectivity index (χ4n) is 1.95. The zero-order valence-corrected chi connectivity index (χ0v) is 12.0. The van der Waals surface area contributed by atoms with E-state index >= 15 is 0 Å². The van der Waals surface area contributed by atoms with Crippen LogP contribution in [0.15, 0.2) is 51.7 Å². The van der Waals surface area contributed by atoms with Crippen LogP contribution in [-0.4, -0.2) is 4.57 Å². The highest BCUT2D eigenvalue weighted by molar-refractivity contribution is 9.10. The van der Waals surface area contributed by atoms with Crippen LogP contribution in [0.5, 0.6) is 0 Å². The molecule has 0 amide bonds. The van der Waals surface area contributed by atoms with Crippen LogP contribution in [-0.2, 0) is 0 Å². The van der Waals surface area contributed by atoms with Crippen LogP contribution in [0.4, 0.5) is 0 Å². The summed E-state index contributed by atoms with van der Waals surface area (Å²) < 4.78 is 2.38. The van der Waals surface area contributed by atoms with Crippen LogP contribution >= 0.6 is 27.3 Å². The van der Waals surface area contributed by atoms with Crippen molar-refractivity contribution in [2.24, 2.45) is 0 Å². The number of pyridine rings is 1. The molecule has 0 spiro atoms. The van der Waals surface area contributed by atoms with Gasteiger partial charge in [-0.2, -0.15) is 5.26 Å². The van der Waals surface area contributed by atoms with Gasteiger partial charge in [0.05, 0.1) is 10.2 Å². The van der Waals surface area contributed by atoms with Gasteiger partial charge in [0.15, 0.2) is 0 Å². The number of hydrogen-bond acceptors (Lipinski definition) is 3. The number of halogens is 1. The minimum atomic E-state index is -0.100. The topological polar surface area (TPSA) is 45.8 Å². The fraction of sp³-hybridized carbons (Fsp3) is 0. The molecule has 0 N–H and O–H groups in total. The summed E-state index contributed by atoms with van der Waals surface area (Å²) in [6.07, 6.45) is 0. The Bertz CT molecular complexity index is 859. The van der Waals surface area contributed by atoms with Gasteiger partial charge in [0.1, 0.15) is 15.8 Å². The molecule has 3 aromatic rings. The van der Waals surface area contributed by atoms with Gasteiger partial charge in [-0.1, -0.05) is 18.2 Å². The molecule has 0 radical (unpaired) electrons. The van der Waals surface area contributed by atoms with Gasteiger partial charge in [0.25, 0.3) is 5.56 Å². The zero-order chi connectivity index (χ0) is 13.4. The van der Waals surface area contributed by atoms with Crippen molar-refractivity contribution in [3.63, 3.8) is 0 Å². The summed E-state index contributed by atoms with van der Waals surface area (Å²) in [5, 5.41) is 9.97. The van der Waals surface area contributed by atoms with Crippen LogP contribution < -0.4 is 5.56 Å². The molecule has 0 aliphatic carbocycles. The van der Waals surface area contributed by atoms with Crippen molar-refractivity contribution in [2.75, 3.05) is 0 Å². The number of fused-ring (bicyclic) bond motifs is 1. The SMILES string of the molecule is N#Cc1sc2c(ccc(=O)n2-c2ccccc2)c1Br. The molecule has 2 heterocycles. The normalized spacial score (nSPS) is 10.5. The molecular weight excluding hydrogens is 324 g/mol. The molecule has 3 rings (SSSR count). The summed E-state index contributed by atoms with van der Waals surface area (Å²) >= 11 is 4.73. The molecule has 0 saturated carbocycles. The average Bonchev–Trinajstić information content (AvgIpc) is 2.76. The highest BCUT2D eigenvalue weighted by atomic mass is 79.9. The van der Waals surface area contributed by atoms with Gasteiger partial charge in [-0.3, -0.25) is 9.36 Å². The first-order valence-corrected chi connectivity index (χ1v) is 7.13. The molecule has 0 bridgehead atoms. The predicted molar refractivity (Wildman–Crippen MR) is 79.8 cm³/mol. The van der Waals surface area contributed by atoms with E-state index in [2.05, 4.69) is 22.0 Å². The summed E-state index contributed by atoms with van der Waals surface area (Å²) in [4.78, 5) is 13.5. The largest absolute Gasteiger partial charge is 0.269 e. The maximum absolute atomic E-state index is 12.1. The highest BCUT2D eigenvalue weighted by Crippen LogP contribution is 2.35. The smallest absolute Gasteiger partial charge is 0.256 e. The third-order valence-electron chi connectivity index (χ3n) is 2.80. The Balaban J connectivity index is 2.45. The van der Waals surface area contributed by atoms with E-state index in [1.807, 2.05) is 30.3 Å². The number of benzene rings is 1. The molecule has 0 aliphatic rings. The number of para-hydroxylation sites is 1. The number of nitrogens with zero attached hydrogens (tertiary/aromatic N) is 2. The molecule has 2 aromatic heterocycles. The Kier molecular flexibility index (Phi) is 2.97. The van der Waals surface area contributed by atoms with Gasteiger partial charge < -0.3 is 0 Å². The second-order valence-electron chi connectivity index (χ2n) is 3.92. The lowest BCUT2D eigenvalue weighted by Gasteiger charge is -2.06. The second kappa shape index (κ2) is 4.65. The number of nitriles is 1. The van der Waals surface area contributed by atoms with Crippen molar-refractivity contribution in [1.29, 1.82) is 5.26 Å². The summed E-state index contributed by atoms with van der Waals surface area (Å²) in [6.45, 7) is 0. The van der Waals surface area contributed by atoms with Crippen molar-refractivity contribution >= 4 is 37.5 Å². The van der Waals surface area contributed by atoms with Gasteiger partial charge in [0.2, 0.25) is 0 Å². The first kappa shape index (κ1) is 12.2. The molecule has 0 unspecified atom stereocenters. The Morgan fingerprint density at radius 2 is 1.89 bits per heavy atom. The van der Waals surface area contributed by atoms with E-state index in [1.54, 1.807) is 10.6 Å². The number of aromatic nitrogens is 1. The summed E-state index contributed by atoms with van der Waals surface area (Å²) in [7, 11) is 0. The third-order valence-corrected chi connectivity index (χ3v) is 4.98. The first-order chi connectivity index (χ1) is 9.22. The summed E-state index contributed by atoms with van der Waals surface area (Å²) in [5.41, 5.74) is 0.702. The van der Waals surface area contributed by atoms with Crippen molar-refractivity contribution in [1.82, 2.24) is 4.57 Å². The van der Waals surface area contributed by atoms with E-state index in [1.165, 1.54) is 17.4 Å². The molecule has 19 heavy (non-hydrogen) atoms. The van der Waals surface area contributed by atoms with Gasteiger partial charge in [-0.05, 0) is 34.1 Å². The van der Waals surface area contributed by atoms with E-state index in [0.29, 0.717) is 4.88 Å². The minimum absolute atomic E-state index is 0.100. The maximum Gasteiger partial charge on any atom is 0.256 e. The molecule has 5 heteroatoms. The molecule has 1 aromatic carbocycles. The average molecular weight is 331 g/mol. The van der Waals surface area contributed by atoms with Crippen LogP contribution in [0.25, 0.3) is 15.9 Å². The lowest BCUT2D eigenvalue weighted by Crippen LogP contribution is -2.16. The lowest BCUT2D eigenvalue weighted by molar-refractivity contribution is 1.06. The number of hydrogen-bond donors (Lipinski definition) is 0. The van der Waals surface area contributed by atoms with Gasteiger partial charge >= 0.3 is 0 Å². The third kappa shape index (κ3) is 1.89. The quantitative estimate of drug-likeness (QED) is 0.683. The number of rotatable bonds is 1. The monoisotopic (exact) mass is 330 g/mol. The summed E-state index contributed by atoms with van der Waals surface area (Å²) in [5.74, 6) is 0. The van der Waals surface area contributed by atoms with E-state index in [9.17, 15) is 4.79 Å². The molecule has 0 atom stereocenters. The standard InChI is InChI=1S/C14H7BrN2OS/c15-13-10-6-7-12(18)17(9-4-2-1-3-5-9)14(10)19-11(13)8-16/h1-7H. The van der Waals surface area contributed by atoms with E-state index < -0.39 is 0 Å². The Labute approximate surface area is 121 Å². The molecule has 0 aliphatic heterocycles. The van der Waals surface area contributed by atoms with Crippen molar-refractivity contribution < 1.29 is 0 Å². The van der Waals surface area contributed by atoms with Crippen molar-refractivity contribution in [2.45, 2.75) is 0 Å². The molecule has 92 valence electrons. The van der Waals surface area contributed by atoms with Gasteiger partial charge in [-0.15, -0.1) is 11.3 Å². The zero-order valence-electron chi connectivity index (χ0n) is 9.63. The van der Waals surface area contributed by atoms with Crippen molar-refractivity contribution in [3.8, 4) is 11.8 Å². The first-order valence-electron chi connectivity index (χ1n) is 5.52. The molecular formula is C14H7BrN2OS. The Morgan fingerprint density at radius 1 is 1.16 bits per heavy atom. The lowest BCUT2D eigenvalue weighted by atomic mass is 10.3. The highest BCUT2D eigenvalue weighted by Gasteiger charge is 2.14. The van der Waals surface area contributed by atoms with Gasteiger partial charge in [-0.25, -0.2) is 0 Å². The summed E-state index contributed by atoms with van der Waals surface area (Å²) in [6, 6.07) is 14.8. The second-order valence-corrected chi connectivity index (χ2v) is 5.71. The predicted octanol–water partition coefficient (Wildman–Crippen LogP) is 3.69. The van der Waals surface area contributed by atoms with Crippen LogP contribution in [0.2, 0.25) is 0 Å². The Hall–Kier alpha value is -1.90. The van der Waals surface area contributed by atoms with E-state index in [4.69, 9.17) is 5.26 Å². The van der Waals surface area contributed by atoms with E-state index in [-0.39, 0.29) is 5.56 Å². The van der Waals surface area contributed by atoms with Crippen LogP contribution in [0, 0.1) is 11.3 Å². The Morgan fingerprint density at radius 3 is 2.58 bits per heavy atom. The minimum Gasteiger partial charge on any atom is -0.269 e. The molecule has 0 fully saturated rings. The van der Waals surface area contributed by atoms with Crippen LogP contribution in [0.1, 0.15) is 4.88 Å². The molecule has 0 saturated heterocycles. The number of thiophene rings is 1.